The maximum Gasteiger partial charge on any atom is 0.0628 e. The molecule has 0 spiro atoms. The van der Waals surface area contributed by atoms with Crippen LogP contribution in [0.5, 0.6) is 0 Å². The number of aliphatic hydroxyl groups excluding tert-OH is 1. The van der Waals surface area contributed by atoms with Crippen LogP contribution in [-0.4, -0.2) is 48.3 Å². The minimum atomic E-state index is -0.00544. The number of likely N-dealkylation sites (N-methyl/N-ethyl adjacent to an activating group) is 1. The maximum atomic E-state index is 9.98. The summed E-state index contributed by atoms with van der Waals surface area (Å²) in [6.07, 6.45) is 10.9. The SMILES string of the molecule is CN(CC1CCCC1)CC(CO)(NC1CC1)C1CC1. The summed E-state index contributed by atoms with van der Waals surface area (Å²) in [5.74, 6) is 1.62. The molecule has 3 nitrogen and oxygen atoms in total. The van der Waals surface area contributed by atoms with E-state index in [9.17, 15) is 5.11 Å². The second-order valence-electron chi connectivity index (χ2n) is 7.35. The van der Waals surface area contributed by atoms with Crippen molar-refractivity contribution in [3.05, 3.63) is 0 Å². The molecule has 0 aromatic carbocycles. The van der Waals surface area contributed by atoms with Crippen LogP contribution in [0.3, 0.4) is 0 Å². The zero-order valence-electron chi connectivity index (χ0n) is 12.4. The van der Waals surface area contributed by atoms with Gasteiger partial charge in [0.2, 0.25) is 0 Å². The molecule has 0 amide bonds. The molecule has 19 heavy (non-hydrogen) atoms. The van der Waals surface area contributed by atoms with Crippen LogP contribution in [0.4, 0.5) is 0 Å². The van der Waals surface area contributed by atoms with Crippen LogP contribution in [0.15, 0.2) is 0 Å². The fourth-order valence-corrected chi connectivity index (χ4v) is 3.97. The smallest absolute Gasteiger partial charge is 0.0628 e. The quantitative estimate of drug-likeness (QED) is 0.705. The molecule has 0 aromatic heterocycles. The van der Waals surface area contributed by atoms with Crippen molar-refractivity contribution in [1.82, 2.24) is 10.2 Å². The predicted octanol–water partition coefficient (Wildman–Crippen LogP) is 2.00. The summed E-state index contributed by atoms with van der Waals surface area (Å²) in [6.45, 7) is 2.56. The molecule has 3 heteroatoms. The van der Waals surface area contributed by atoms with Crippen LogP contribution in [0.25, 0.3) is 0 Å². The van der Waals surface area contributed by atoms with Crippen molar-refractivity contribution in [2.45, 2.75) is 62.9 Å². The molecule has 110 valence electrons. The Balaban J connectivity index is 1.55. The highest BCUT2D eigenvalue weighted by molar-refractivity contribution is 5.06. The molecule has 1 unspecified atom stereocenters. The lowest BCUT2D eigenvalue weighted by atomic mass is 9.92. The third-order valence-corrected chi connectivity index (χ3v) is 5.31. The van der Waals surface area contributed by atoms with E-state index < -0.39 is 0 Å². The Hall–Kier alpha value is -0.120. The number of aliphatic hydroxyl groups is 1. The van der Waals surface area contributed by atoms with Gasteiger partial charge in [0.25, 0.3) is 0 Å². The van der Waals surface area contributed by atoms with Crippen molar-refractivity contribution in [2.24, 2.45) is 11.8 Å². The molecule has 3 rings (SSSR count). The predicted molar refractivity (Wildman–Crippen MR) is 78.2 cm³/mol. The fraction of sp³-hybridized carbons (Fsp3) is 1.00. The molecule has 0 aromatic rings. The Kier molecular flexibility index (Phi) is 4.16. The zero-order chi connectivity index (χ0) is 13.3. The first-order valence-electron chi connectivity index (χ1n) is 8.29. The van der Waals surface area contributed by atoms with Crippen LogP contribution < -0.4 is 5.32 Å². The van der Waals surface area contributed by atoms with Crippen LogP contribution in [0.2, 0.25) is 0 Å². The van der Waals surface area contributed by atoms with Crippen LogP contribution in [0.1, 0.15) is 51.4 Å². The van der Waals surface area contributed by atoms with E-state index in [1.807, 2.05) is 0 Å². The summed E-state index contributed by atoms with van der Waals surface area (Å²) in [7, 11) is 2.25. The summed E-state index contributed by atoms with van der Waals surface area (Å²) < 4.78 is 0. The van der Waals surface area contributed by atoms with Gasteiger partial charge in [-0.05, 0) is 57.4 Å². The lowest BCUT2D eigenvalue weighted by Crippen LogP contribution is -2.58. The molecule has 0 heterocycles. The Bertz CT molecular complexity index is 295. The summed E-state index contributed by atoms with van der Waals surface area (Å²) >= 11 is 0. The van der Waals surface area contributed by atoms with Gasteiger partial charge in [-0.1, -0.05) is 12.8 Å². The molecule has 0 saturated heterocycles. The number of nitrogens with zero attached hydrogens (tertiary/aromatic N) is 1. The van der Waals surface area contributed by atoms with Gasteiger partial charge < -0.3 is 15.3 Å². The first kappa shape index (κ1) is 13.8. The van der Waals surface area contributed by atoms with Gasteiger partial charge in [0.15, 0.2) is 0 Å². The number of hydrogen-bond donors (Lipinski definition) is 2. The average Bonchev–Trinajstić information content (AvgIpc) is 3.30. The highest BCUT2D eigenvalue weighted by Gasteiger charge is 2.47. The van der Waals surface area contributed by atoms with Gasteiger partial charge in [-0.15, -0.1) is 0 Å². The molecule has 3 fully saturated rings. The Morgan fingerprint density at radius 1 is 1.11 bits per heavy atom. The van der Waals surface area contributed by atoms with Gasteiger partial charge in [0, 0.05) is 19.1 Å². The summed E-state index contributed by atoms with van der Waals surface area (Å²) in [5, 5.41) is 13.8. The van der Waals surface area contributed by atoms with Crippen molar-refractivity contribution in [3.8, 4) is 0 Å². The molecule has 1 atom stereocenters. The zero-order valence-corrected chi connectivity index (χ0v) is 12.4. The molecule has 3 aliphatic rings. The Labute approximate surface area is 117 Å². The lowest BCUT2D eigenvalue weighted by Gasteiger charge is -2.38. The van der Waals surface area contributed by atoms with Gasteiger partial charge >= 0.3 is 0 Å². The van der Waals surface area contributed by atoms with E-state index in [2.05, 4.69) is 17.3 Å². The molecule has 3 saturated carbocycles. The highest BCUT2D eigenvalue weighted by Crippen LogP contribution is 2.42. The lowest BCUT2D eigenvalue weighted by molar-refractivity contribution is 0.0930. The number of nitrogens with one attached hydrogen (secondary N) is 1. The Morgan fingerprint density at radius 2 is 1.79 bits per heavy atom. The summed E-state index contributed by atoms with van der Waals surface area (Å²) in [4.78, 5) is 2.49. The van der Waals surface area contributed by atoms with Crippen molar-refractivity contribution in [1.29, 1.82) is 0 Å². The number of rotatable bonds is 8. The second-order valence-corrected chi connectivity index (χ2v) is 7.35. The first-order chi connectivity index (χ1) is 9.22. The van der Waals surface area contributed by atoms with E-state index in [-0.39, 0.29) is 5.54 Å². The highest BCUT2D eigenvalue weighted by atomic mass is 16.3. The minimum absolute atomic E-state index is 0.00544. The monoisotopic (exact) mass is 266 g/mol. The van der Waals surface area contributed by atoms with Crippen molar-refractivity contribution in [3.63, 3.8) is 0 Å². The van der Waals surface area contributed by atoms with Crippen LogP contribution in [-0.2, 0) is 0 Å². The van der Waals surface area contributed by atoms with Crippen molar-refractivity contribution < 1.29 is 5.11 Å². The molecule has 0 aliphatic heterocycles. The normalized spacial score (nSPS) is 27.9. The standard InChI is InChI=1S/C16H30N2O/c1-18(10-13-4-2-3-5-13)11-16(12-19,14-6-7-14)17-15-8-9-15/h13-15,17,19H,2-12H2,1H3. The molecular weight excluding hydrogens is 236 g/mol. The summed E-state index contributed by atoms with van der Waals surface area (Å²) in [6, 6.07) is 0.688. The van der Waals surface area contributed by atoms with E-state index in [4.69, 9.17) is 0 Å². The topological polar surface area (TPSA) is 35.5 Å². The largest absolute Gasteiger partial charge is 0.394 e. The third-order valence-electron chi connectivity index (χ3n) is 5.31. The molecule has 0 bridgehead atoms. The van der Waals surface area contributed by atoms with Gasteiger partial charge in [-0.3, -0.25) is 0 Å². The van der Waals surface area contributed by atoms with Crippen molar-refractivity contribution in [2.75, 3.05) is 26.7 Å². The minimum Gasteiger partial charge on any atom is -0.394 e. The average molecular weight is 266 g/mol. The van der Waals surface area contributed by atoms with E-state index in [1.54, 1.807) is 0 Å². The molecule has 0 radical (unpaired) electrons. The fourth-order valence-electron chi connectivity index (χ4n) is 3.97. The van der Waals surface area contributed by atoms with E-state index >= 15 is 0 Å². The van der Waals surface area contributed by atoms with E-state index in [0.29, 0.717) is 18.6 Å². The molecular formula is C16H30N2O. The molecule has 2 N–H and O–H groups in total. The Morgan fingerprint density at radius 3 is 2.32 bits per heavy atom. The van der Waals surface area contributed by atoms with E-state index in [1.165, 1.54) is 57.9 Å². The second kappa shape index (κ2) is 5.71. The van der Waals surface area contributed by atoms with Crippen LogP contribution >= 0.6 is 0 Å². The van der Waals surface area contributed by atoms with Gasteiger partial charge in [0.1, 0.15) is 0 Å². The van der Waals surface area contributed by atoms with Gasteiger partial charge in [0.05, 0.1) is 12.1 Å². The molecule has 3 aliphatic carbocycles. The van der Waals surface area contributed by atoms with Crippen molar-refractivity contribution >= 4 is 0 Å². The number of hydrogen-bond acceptors (Lipinski definition) is 3. The van der Waals surface area contributed by atoms with E-state index in [0.717, 1.165) is 12.5 Å². The van der Waals surface area contributed by atoms with Crippen LogP contribution in [0, 0.1) is 11.8 Å². The summed E-state index contributed by atoms with van der Waals surface area (Å²) in [5.41, 5.74) is -0.00544. The van der Waals surface area contributed by atoms with Gasteiger partial charge in [-0.2, -0.15) is 0 Å². The van der Waals surface area contributed by atoms with Gasteiger partial charge in [-0.25, -0.2) is 0 Å². The maximum absolute atomic E-state index is 9.98. The first-order valence-corrected chi connectivity index (χ1v) is 8.29. The third kappa shape index (κ3) is 3.50.